The van der Waals surface area contributed by atoms with Crippen LogP contribution in [-0.4, -0.2) is 90.6 Å². The first-order chi connectivity index (χ1) is 27.2. The Bertz CT molecular complexity index is 2150. The molecule has 4 aromatic carbocycles. The van der Waals surface area contributed by atoms with Gasteiger partial charge in [0.2, 0.25) is 11.8 Å². The third kappa shape index (κ3) is 6.86. The summed E-state index contributed by atoms with van der Waals surface area (Å²) in [6.45, 7) is 8.77. The highest BCUT2D eigenvalue weighted by Crippen LogP contribution is 2.50. The number of carbonyl (C=O) groups is 3. The lowest BCUT2D eigenvalue weighted by atomic mass is 9.73. The number of benzene rings is 4. The van der Waals surface area contributed by atoms with E-state index in [2.05, 4.69) is 44.3 Å². The second kappa shape index (κ2) is 14.9. The number of phenolic OH excluding ortho intramolecular Hbond substituents is 1. The maximum Gasteiger partial charge on any atom is 0.255 e. The van der Waals surface area contributed by atoms with Gasteiger partial charge in [-0.2, -0.15) is 0 Å². The second-order valence-electron chi connectivity index (χ2n) is 16.1. The van der Waals surface area contributed by atoms with Crippen LogP contribution in [0.15, 0.2) is 84.9 Å². The van der Waals surface area contributed by atoms with Crippen molar-refractivity contribution < 1.29 is 28.6 Å². The summed E-state index contributed by atoms with van der Waals surface area (Å²) in [6, 6.07) is 26.6. The van der Waals surface area contributed by atoms with E-state index >= 15 is 4.39 Å². The number of phenols is 1. The summed E-state index contributed by atoms with van der Waals surface area (Å²) in [7, 11) is 0. The molecule has 3 amide bonds. The molecule has 10 nitrogen and oxygen atoms in total. The van der Waals surface area contributed by atoms with Crippen LogP contribution in [-0.2, 0) is 16.1 Å². The first kappa shape index (κ1) is 36.2. The predicted molar refractivity (Wildman–Crippen MR) is 212 cm³/mol. The number of imide groups is 1. The molecule has 3 fully saturated rings. The van der Waals surface area contributed by atoms with Crippen molar-refractivity contribution in [3.8, 4) is 11.5 Å². The summed E-state index contributed by atoms with van der Waals surface area (Å²) < 4.78 is 22.5. The largest absolute Gasteiger partial charge is 0.508 e. The van der Waals surface area contributed by atoms with E-state index in [9.17, 15) is 19.5 Å². The summed E-state index contributed by atoms with van der Waals surface area (Å²) in [5.74, 6) is 0.165. The molecule has 56 heavy (non-hydrogen) atoms. The number of nitrogens with zero attached hydrogens (tertiary/aromatic N) is 4. The minimum absolute atomic E-state index is 0.0204. The van der Waals surface area contributed by atoms with Gasteiger partial charge in [0.05, 0.1) is 5.69 Å². The SMILES string of the molecule is C[C@@H]1Oc2cc(O)ccc2[C@@H](c2ccc(N3CCC(CN4CCN(c5ccc6c(c5)CN([C@H]5CCC(=O)NC5=O)C6=O)CC4)CC3)c(F)c2)[C@H]1c1ccccc1. The fourth-order valence-electron chi connectivity index (χ4n) is 9.79. The number of ether oxygens (including phenoxy) is 1. The maximum atomic E-state index is 16.2. The molecule has 290 valence electrons. The quantitative estimate of drug-likeness (QED) is 0.221. The molecule has 0 aliphatic carbocycles. The van der Waals surface area contributed by atoms with Gasteiger partial charge in [-0.3, -0.25) is 24.6 Å². The highest BCUT2D eigenvalue weighted by molar-refractivity contribution is 6.05. The highest BCUT2D eigenvalue weighted by atomic mass is 19.1. The summed E-state index contributed by atoms with van der Waals surface area (Å²) in [5.41, 5.74) is 6.30. The van der Waals surface area contributed by atoms with Gasteiger partial charge in [0.25, 0.3) is 5.91 Å². The molecular formula is C45H48FN5O5. The van der Waals surface area contributed by atoms with Crippen LogP contribution in [0.5, 0.6) is 11.5 Å². The zero-order chi connectivity index (χ0) is 38.5. The Balaban J connectivity index is 0.802. The average Bonchev–Trinajstić information content (AvgIpc) is 3.53. The second-order valence-corrected chi connectivity index (χ2v) is 16.1. The Kier molecular flexibility index (Phi) is 9.65. The lowest BCUT2D eigenvalue weighted by Crippen LogP contribution is -2.52. The summed E-state index contributed by atoms with van der Waals surface area (Å²) in [6.07, 6.45) is 2.45. The van der Waals surface area contributed by atoms with Crippen molar-refractivity contribution in [3.05, 3.63) is 119 Å². The first-order valence-electron chi connectivity index (χ1n) is 20.0. The molecule has 11 heteroatoms. The van der Waals surface area contributed by atoms with E-state index in [1.165, 1.54) is 0 Å². The minimum atomic E-state index is -0.609. The van der Waals surface area contributed by atoms with Crippen molar-refractivity contribution in [1.82, 2.24) is 15.1 Å². The molecule has 0 spiro atoms. The van der Waals surface area contributed by atoms with Crippen molar-refractivity contribution in [3.63, 3.8) is 0 Å². The topological polar surface area (TPSA) is 106 Å². The van der Waals surface area contributed by atoms with Crippen LogP contribution in [0.25, 0.3) is 0 Å². The number of fused-ring (bicyclic) bond motifs is 2. The molecule has 0 aromatic heterocycles. The number of hydrogen-bond acceptors (Lipinski definition) is 8. The van der Waals surface area contributed by atoms with E-state index < -0.39 is 6.04 Å². The first-order valence-corrected chi connectivity index (χ1v) is 20.0. The molecule has 3 saturated heterocycles. The van der Waals surface area contributed by atoms with Gasteiger partial charge in [-0.25, -0.2) is 4.39 Å². The average molecular weight is 758 g/mol. The van der Waals surface area contributed by atoms with E-state index in [0.717, 1.165) is 86.6 Å². The number of amides is 3. The Hall–Kier alpha value is -5.42. The zero-order valence-corrected chi connectivity index (χ0v) is 31.7. The normalized spacial score (nSPS) is 24.5. The number of aromatic hydroxyl groups is 1. The lowest BCUT2D eigenvalue weighted by molar-refractivity contribution is -0.136. The van der Waals surface area contributed by atoms with Gasteiger partial charge in [0.1, 0.15) is 29.5 Å². The fourth-order valence-corrected chi connectivity index (χ4v) is 9.79. The van der Waals surface area contributed by atoms with Crippen LogP contribution in [0.2, 0.25) is 0 Å². The number of anilines is 2. The molecule has 0 saturated carbocycles. The van der Waals surface area contributed by atoms with Crippen LogP contribution in [0, 0.1) is 11.7 Å². The minimum Gasteiger partial charge on any atom is -0.508 e. The molecule has 2 N–H and O–H groups in total. The van der Waals surface area contributed by atoms with E-state index in [4.69, 9.17) is 4.74 Å². The number of rotatable bonds is 7. The standard InChI is InChI=1S/C45H48FN5O5/c1-28-42(30-5-3-2-4-6-30)43(36-11-9-34(52)25-40(36)56-28)31-7-12-38(37(46)24-31)50-17-15-29(16-18-50)26-48-19-21-49(22-20-48)33-8-10-35-32(23-33)27-51(45(35)55)39-13-14-41(53)47-44(39)54/h2-12,23-25,28-29,39,42-43,52H,13-22,26-27H2,1H3,(H,47,53,54)/t28-,39-,42+,43+/m0/s1. The summed E-state index contributed by atoms with van der Waals surface area (Å²) in [5, 5.41) is 12.6. The molecule has 4 atom stereocenters. The fraction of sp³-hybridized carbons (Fsp3) is 0.400. The Morgan fingerprint density at radius 1 is 0.821 bits per heavy atom. The predicted octanol–water partition coefficient (Wildman–Crippen LogP) is 6.03. The molecule has 5 heterocycles. The number of hydrogen-bond donors (Lipinski definition) is 2. The molecule has 4 aromatic rings. The van der Waals surface area contributed by atoms with Crippen molar-refractivity contribution in [2.45, 2.75) is 63.1 Å². The highest BCUT2D eigenvalue weighted by Gasteiger charge is 2.40. The number of piperidine rings is 2. The van der Waals surface area contributed by atoms with Crippen LogP contribution >= 0.6 is 0 Å². The maximum absolute atomic E-state index is 16.2. The van der Waals surface area contributed by atoms with Gasteiger partial charge in [-0.15, -0.1) is 0 Å². The smallest absolute Gasteiger partial charge is 0.255 e. The van der Waals surface area contributed by atoms with Gasteiger partial charge < -0.3 is 24.5 Å². The molecule has 0 unspecified atom stereocenters. The number of nitrogens with one attached hydrogen (secondary N) is 1. The van der Waals surface area contributed by atoms with Gasteiger partial charge >= 0.3 is 0 Å². The lowest BCUT2D eigenvalue weighted by Gasteiger charge is -2.40. The van der Waals surface area contributed by atoms with Crippen LogP contribution in [0.3, 0.4) is 0 Å². The third-order valence-electron chi connectivity index (χ3n) is 12.7. The molecule has 5 aliphatic heterocycles. The Labute approximate surface area is 326 Å². The van der Waals surface area contributed by atoms with Crippen molar-refractivity contribution in [1.29, 1.82) is 0 Å². The van der Waals surface area contributed by atoms with Crippen LogP contribution in [0.1, 0.15) is 77.1 Å². The van der Waals surface area contributed by atoms with Gasteiger partial charge in [-0.05, 0) is 85.2 Å². The third-order valence-corrected chi connectivity index (χ3v) is 12.7. The van der Waals surface area contributed by atoms with Gasteiger partial charge in [0, 0.05) is 93.5 Å². The monoisotopic (exact) mass is 757 g/mol. The number of piperazine rings is 1. The van der Waals surface area contributed by atoms with Crippen LogP contribution in [0.4, 0.5) is 15.8 Å². The molecule has 9 rings (SSSR count). The van der Waals surface area contributed by atoms with E-state index in [-0.39, 0.29) is 53.6 Å². The van der Waals surface area contributed by atoms with Crippen molar-refractivity contribution in [2.24, 2.45) is 5.92 Å². The summed E-state index contributed by atoms with van der Waals surface area (Å²) in [4.78, 5) is 46.0. The molecule has 0 bridgehead atoms. The number of halogens is 1. The molecule has 5 aliphatic rings. The van der Waals surface area contributed by atoms with Gasteiger partial charge in [0.15, 0.2) is 0 Å². The van der Waals surface area contributed by atoms with Crippen molar-refractivity contribution in [2.75, 3.05) is 55.6 Å². The van der Waals surface area contributed by atoms with E-state index in [0.29, 0.717) is 35.9 Å². The van der Waals surface area contributed by atoms with Crippen molar-refractivity contribution >= 4 is 29.1 Å². The Morgan fingerprint density at radius 2 is 1.61 bits per heavy atom. The molecule has 0 radical (unpaired) electrons. The van der Waals surface area contributed by atoms with Crippen LogP contribution < -0.4 is 19.9 Å². The van der Waals surface area contributed by atoms with Gasteiger partial charge in [-0.1, -0.05) is 42.5 Å². The molecular weight excluding hydrogens is 710 g/mol. The Morgan fingerprint density at radius 3 is 2.36 bits per heavy atom. The van der Waals surface area contributed by atoms with E-state index in [1.807, 2.05) is 49.4 Å². The van der Waals surface area contributed by atoms with E-state index in [1.54, 1.807) is 23.1 Å². The summed E-state index contributed by atoms with van der Waals surface area (Å²) >= 11 is 0. The number of carbonyl (C=O) groups excluding carboxylic acids is 3. The zero-order valence-electron chi connectivity index (χ0n) is 31.7.